The second-order valence-corrected chi connectivity index (χ2v) is 4.38. The molecule has 0 spiro atoms. The molecule has 20 heavy (non-hydrogen) atoms. The largest absolute Gasteiger partial charge is 0.495 e. The summed E-state index contributed by atoms with van der Waals surface area (Å²) < 4.78 is 5.18. The molecule has 104 valence electrons. The summed E-state index contributed by atoms with van der Waals surface area (Å²) in [4.78, 5) is 15.2. The molecule has 0 aliphatic rings. The number of nitrogens with zero attached hydrogens (tertiary/aromatic N) is 1. The Kier molecular flexibility index (Phi) is 3.95. The Morgan fingerprint density at radius 3 is 2.85 bits per heavy atom. The van der Waals surface area contributed by atoms with Gasteiger partial charge < -0.3 is 20.9 Å². The number of methoxy groups -OCH3 is 1. The summed E-state index contributed by atoms with van der Waals surface area (Å²) in [6.45, 7) is 0. The lowest BCUT2D eigenvalue weighted by Gasteiger charge is -2.12. The van der Waals surface area contributed by atoms with Gasteiger partial charge in [-0.3, -0.25) is 0 Å². The molecular weight excluding hydrogens is 282 g/mol. The van der Waals surface area contributed by atoms with E-state index in [1.165, 1.54) is 19.4 Å². The van der Waals surface area contributed by atoms with Crippen molar-refractivity contribution < 1.29 is 14.6 Å². The third-order valence-corrected chi connectivity index (χ3v) is 2.79. The van der Waals surface area contributed by atoms with Crippen LogP contribution < -0.4 is 15.8 Å². The molecule has 0 atom stereocenters. The van der Waals surface area contributed by atoms with Crippen LogP contribution in [0.1, 0.15) is 10.4 Å². The molecule has 2 aromatic rings. The van der Waals surface area contributed by atoms with Gasteiger partial charge in [-0.25, -0.2) is 9.78 Å². The maximum Gasteiger partial charge on any atom is 0.339 e. The number of anilines is 3. The van der Waals surface area contributed by atoms with Gasteiger partial charge in [0.05, 0.1) is 24.7 Å². The lowest BCUT2D eigenvalue weighted by molar-refractivity contribution is 0.0697. The molecule has 0 aliphatic carbocycles. The van der Waals surface area contributed by atoms with Crippen molar-refractivity contribution in [1.82, 2.24) is 4.98 Å². The summed E-state index contributed by atoms with van der Waals surface area (Å²) in [5.41, 5.74) is 6.29. The highest BCUT2D eigenvalue weighted by Gasteiger charge is 2.14. The molecule has 1 aromatic carbocycles. The van der Waals surface area contributed by atoms with E-state index in [9.17, 15) is 4.79 Å². The SMILES string of the molecule is COc1ccc(Cl)cc1Nc1ncc(N)cc1C(=O)O. The van der Waals surface area contributed by atoms with Crippen LogP contribution in [0.15, 0.2) is 30.5 Å². The highest BCUT2D eigenvalue weighted by molar-refractivity contribution is 6.31. The van der Waals surface area contributed by atoms with E-state index in [2.05, 4.69) is 10.3 Å². The molecule has 0 saturated carbocycles. The fraction of sp³-hybridized carbons (Fsp3) is 0.0769. The number of pyridine rings is 1. The van der Waals surface area contributed by atoms with Crippen molar-refractivity contribution in [3.8, 4) is 5.75 Å². The second kappa shape index (κ2) is 5.66. The van der Waals surface area contributed by atoms with Crippen molar-refractivity contribution in [3.63, 3.8) is 0 Å². The van der Waals surface area contributed by atoms with Gasteiger partial charge in [0.2, 0.25) is 0 Å². The van der Waals surface area contributed by atoms with E-state index in [0.29, 0.717) is 16.5 Å². The number of hydrogen-bond acceptors (Lipinski definition) is 5. The Morgan fingerprint density at radius 1 is 1.45 bits per heavy atom. The zero-order valence-corrected chi connectivity index (χ0v) is 11.3. The van der Waals surface area contributed by atoms with Crippen LogP contribution in [0.3, 0.4) is 0 Å². The molecule has 1 aromatic heterocycles. The van der Waals surface area contributed by atoms with Crippen LogP contribution in [0.25, 0.3) is 0 Å². The van der Waals surface area contributed by atoms with Crippen LogP contribution in [0, 0.1) is 0 Å². The number of carboxylic acid groups (broad SMARTS) is 1. The predicted octanol–water partition coefficient (Wildman–Crippen LogP) is 2.77. The number of carbonyl (C=O) groups is 1. The van der Waals surface area contributed by atoms with Crippen molar-refractivity contribution in [2.45, 2.75) is 0 Å². The number of aromatic nitrogens is 1. The first kappa shape index (κ1) is 14.0. The van der Waals surface area contributed by atoms with E-state index in [1.54, 1.807) is 18.2 Å². The number of nitrogen functional groups attached to an aromatic ring is 1. The summed E-state index contributed by atoms with van der Waals surface area (Å²) in [5.74, 6) is -0.454. The zero-order chi connectivity index (χ0) is 14.7. The molecule has 0 unspecified atom stereocenters. The number of nitrogens with one attached hydrogen (secondary N) is 1. The topological polar surface area (TPSA) is 97.5 Å². The first-order valence-corrected chi connectivity index (χ1v) is 5.98. The standard InChI is InChI=1S/C13H12ClN3O3/c1-20-11-3-2-7(14)4-10(11)17-12-9(13(18)19)5-8(15)6-16-12/h2-6H,15H2,1H3,(H,16,17)(H,18,19). The van der Waals surface area contributed by atoms with Gasteiger partial charge in [0.15, 0.2) is 0 Å². The Balaban J connectivity index is 2.44. The molecule has 2 rings (SSSR count). The molecule has 0 amide bonds. The Labute approximate surface area is 120 Å². The van der Waals surface area contributed by atoms with E-state index in [4.69, 9.17) is 27.2 Å². The number of carboxylic acids is 1. The maximum atomic E-state index is 11.2. The third kappa shape index (κ3) is 2.92. The minimum atomic E-state index is -1.13. The summed E-state index contributed by atoms with van der Waals surface area (Å²) in [5, 5.41) is 12.5. The third-order valence-electron chi connectivity index (χ3n) is 2.55. The molecule has 0 bridgehead atoms. The van der Waals surface area contributed by atoms with Crippen LogP contribution in [0.5, 0.6) is 5.75 Å². The van der Waals surface area contributed by atoms with Crippen molar-refractivity contribution in [3.05, 3.63) is 41.0 Å². The highest BCUT2D eigenvalue weighted by Crippen LogP contribution is 2.31. The van der Waals surface area contributed by atoms with Crippen LogP contribution in [0.2, 0.25) is 5.02 Å². The van der Waals surface area contributed by atoms with Gasteiger partial charge in [-0.05, 0) is 24.3 Å². The van der Waals surface area contributed by atoms with E-state index in [0.717, 1.165) is 0 Å². The van der Waals surface area contributed by atoms with Crippen LogP contribution in [-0.4, -0.2) is 23.2 Å². The highest BCUT2D eigenvalue weighted by atomic mass is 35.5. The van der Waals surface area contributed by atoms with Gasteiger partial charge in [-0.15, -0.1) is 0 Å². The minimum absolute atomic E-state index is 0.0352. The monoisotopic (exact) mass is 293 g/mol. The Hall–Kier alpha value is -2.47. The number of ether oxygens (including phenoxy) is 1. The van der Waals surface area contributed by atoms with Gasteiger partial charge in [0, 0.05) is 5.02 Å². The van der Waals surface area contributed by atoms with Crippen molar-refractivity contribution in [1.29, 1.82) is 0 Å². The van der Waals surface area contributed by atoms with E-state index < -0.39 is 5.97 Å². The van der Waals surface area contributed by atoms with Gasteiger partial charge in [0.1, 0.15) is 17.1 Å². The average Bonchev–Trinajstić information content (AvgIpc) is 2.41. The fourth-order valence-corrected chi connectivity index (χ4v) is 1.82. The van der Waals surface area contributed by atoms with Gasteiger partial charge >= 0.3 is 5.97 Å². The fourth-order valence-electron chi connectivity index (χ4n) is 1.65. The molecule has 7 heteroatoms. The number of rotatable bonds is 4. The Bertz CT molecular complexity index is 661. The lowest BCUT2D eigenvalue weighted by Crippen LogP contribution is -2.06. The number of hydrogen-bond donors (Lipinski definition) is 3. The van der Waals surface area contributed by atoms with Gasteiger partial charge in [-0.2, -0.15) is 0 Å². The first-order valence-electron chi connectivity index (χ1n) is 5.60. The molecule has 0 fully saturated rings. The average molecular weight is 294 g/mol. The zero-order valence-electron chi connectivity index (χ0n) is 10.6. The summed E-state index contributed by atoms with van der Waals surface area (Å²) >= 11 is 5.92. The van der Waals surface area contributed by atoms with Crippen molar-refractivity contribution >= 4 is 34.8 Å². The maximum absolute atomic E-state index is 11.2. The molecule has 4 N–H and O–H groups in total. The van der Waals surface area contributed by atoms with Crippen LogP contribution >= 0.6 is 11.6 Å². The Morgan fingerprint density at radius 2 is 2.20 bits per heavy atom. The molecule has 0 aliphatic heterocycles. The molecule has 0 saturated heterocycles. The van der Waals surface area contributed by atoms with Crippen LogP contribution in [-0.2, 0) is 0 Å². The molecule has 0 radical (unpaired) electrons. The summed E-state index contributed by atoms with van der Waals surface area (Å²) in [6, 6.07) is 6.28. The molecular formula is C13H12ClN3O3. The van der Waals surface area contributed by atoms with Crippen molar-refractivity contribution in [2.24, 2.45) is 0 Å². The minimum Gasteiger partial charge on any atom is -0.495 e. The first-order chi connectivity index (χ1) is 9.51. The van der Waals surface area contributed by atoms with Crippen molar-refractivity contribution in [2.75, 3.05) is 18.2 Å². The summed E-state index contributed by atoms with van der Waals surface area (Å²) in [7, 11) is 1.50. The molecule has 6 nitrogen and oxygen atoms in total. The quantitative estimate of drug-likeness (QED) is 0.802. The molecule has 1 heterocycles. The van der Waals surface area contributed by atoms with E-state index >= 15 is 0 Å². The number of benzene rings is 1. The number of aromatic carboxylic acids is 1. The van der Waals surface area contributed by atoms with E-state index in [1.807, 2.05) is 0 Å². The summed E-state index contributed by atoms with van der Waals surface area (Å²) in [6.07, 6.45) is 1.37. The van der Waals surface area contributed by atoms with E-state index in [-0.39, 0.29) is 17.1 Å². The number of halogens is 1. The van der Waals surface area contributed by atoms with Gasteiger partial charge in [0.25, 0.3) is 0 Å². The smallest absolute Gasteiger partial charge is 0.339 e. The normalized spacial score (nSPS) is 10.1. The van der Waals surface area contributed by atoms with Gasteiger partial charge in [-0.1, -0.05) is 11.6 Å². The number of nitrogens with two attached hydrogens (primary N) is 1. The lowest BCUT2D eigenvalue weighted by atomic mass is 10.2. The van der Waals surface area contributed by atoms with Crippen LogP contribution in [0.4, 0.5) is 17.2 Å². The second-order valence-electron chi connectivity index (χ2n) is 3.94. The predicted molar refractivity (Wildman–Crippen MR) is 76.9 cm³/mol.